The number of rotatable bonds is 3. The molecule has 1 aliphatic heterocycles. The van der Waals surface area contributed by atoms with Crippen LogP contribution in [0.2, 0.25) is 0 Å². The molecule has 0 bridgehead atoms. The van der Waals surface area contributed by atoms with Crippen LogP contribution in [0.25, 0.3) is 0 Å². The molecule has 2 nitrogen and oxygen atoms in total. The van der Waals surface area contributed by atoms with E-state index in [0.717, 1.165) is 24.9 Å². The Kier molecular flexibility index (Phi) is 3.18. The van der Waals surface area contributed by atoms with Crippen LogP contribution in [0.3, 0.4) is 0 Å². The Bertz CT molecular complexity index is 359. The summed E-state index contributed by atoms with van der Waals surface area (Å²) in [5, 5.41) is 4.25. The summed E-state index contributed by atoms with van der Waals surface area (Å²) in [5.41, 5.74) is 1.37. The molecule has 2 aliphatic rings. The molecule has 1 N–H and O–H groups in total. The quantitative estimate of drug-likeness (QED) is 0.870. The monoisotopic (exact) mass is 235 g/mol. The Hall–Kier alpha value is -0.510. The van der Waals surface area contributed by atoms with Gasteiger partial charge in [-0.25, -0.2) is 0 Å². The van der Waals surface area contributed by atoms with Crippen LogP contribution in [-0.4, -0.2) is 24.9 Å². The smallest absolute Gasteiger partial charge is 0.0960 e. The minimum absolute atomic E-state index is 0.246. The summed E-state index contributed by atoms with van der Waals surface area (Å²) in [5.74, 6) is 0. The highest BCUT2D eigenvalue weighted by Crippen LogP contribution is 2.42. The predicted octanol–water partition coefficient (Wildman–Crippen LogP) is 2.60. The molecule has 1 heterocycles. The van der Waals surface area contributed by atoms with Gasteiger partial charge in [-0.05, 0) is 24.5 Å². The topological polar surface area (TPSA) is 21.3 Å². The first-order valence-electron chi connectivity index (χ1n) is 6.01. The largest absolute Gasteiger partial charge is 0.371 e. The van der Waals surface area contributed by atoms with E-state index in [1.807, 2.05) is 11.8 Å². The van der Waals surface area contributed by atoms with Crippen LogP contribution in [0.1, 0.15) is 24.5 Å². The fourth-order valence-electron chi connectivity index (χ4n) is 1.98. The standard InChI is InChI=1S/C13H17NOS/c1-2-4-13(16-10-5-6-10)11(3-1)12-9-14-7-8-15-12/h1-4,10,12,14H,5-9H2. The van der Waals surface area contributed by atoms with Gasteiger partial charge in [0.25, 0.3) is 0 Å². The molecule has 1 unspecified atom stereocenters. The van der Waals surface area contributed by atoms with E-state index < -0.39 is 0 Å². The van der Waals surface area contributed by atoms with E-state index in [2.05, 4.69) is 29.6 Å². The lowest BCUT2D eigenvalue weighted by molar-refractivity contribution is 0.0261. The molecule has 0 aromatic heterocycles. The van der Waals surface area contributed by atoms with Gasteiger partial charge in [0.05, 0.1) is 12.7 Å². The van der Waals surface area contributed by atoms with Crippen molar-refractivity contribution in [2.75, 3.05) is 19.7 Å². The van der Waals surface area contributed by atoms with Gasteiger partial charge in [0.2, 0.25) is 0 Å². The first kappa shape index (κ1) is 10.6. The van der Waals surface area contributed by atoms with Crippen molar-refractivity contribution < 1.29 is 4.74 Å². The van der Waals surface area contributed by atoms with E-state index >= 15 is 0 Å². The third kappa shape index (κ3) is 2.42. The summed E-state index contributed by atoms with van der Waals surface area (Å²) in [7, 11) is 0. The van der Waals surface area contributed by atoms with Gasteiger partial charge in [0, 0.05) is 23.2 Å². The number of morpholine rings is 1. The summed E-state index contributed by atoms with van der Waals surface area (Å²) in [6, 6.07) is 8.69. The molecule has 2 fully saturated rings. The fourth-order valence-corrected chi connectivity index (χ4v) is 3.21. The van der Waals surface area contributed by atoms with Crippen LogP contribution in [0.15, 0.2) is 29.2 Å². The summed E-state index contributed by atoms with van der Waals surface area (Å²) >= 11 is 2.02. The maximum absolute atomic E-state index is 5.83. The molecule has 1 saturated carbocycles. The Morgan fingerprint density at radius 2 is 2.12 bits per heavy atom. The Labute approximate surface area is 101 Å². The van der Waals surface area contributed by atoms with Crippen LogP contribution >= 0.6 is 11.8 Å². The van der Waals surface area contributed by atoms with Gasteiger partial charge in [0.1, 0.15) is 0 Å². The molecule has 1 atom stereocenters. The van der Waals surface area contributed by atoms with Crippen LogP contribution in [0.5, 0.6) is 0 Å². The van der Waals surface area contributed by atoms with Crippen molar-refractivity contribution in [2.45, 2.75) is 29.1 Å². The summed E-state index contributed by atoms with van der Waals surface area (Å²) < 4.78 is 5.83. The van der Waals surface area contributed by atoms with Crippen molar-refractivity contribution in [2.24, 2.45) is 0 Å². The molecular formula is C13H17NOS. The Morgan fingerprint density at radius 3 is 2.88 bits per heavy atom. The van der Waals surface area contributed by atoms with Crippen molar-refractivity contribution >= 4 is 11.8 Å². The van der Waals surface area contributed by atoms with Crippen LogP contribution in [0, 0.1) is 0 Å². The average Bonchev–Trinajstić information content (AvgIpc) is 3.15. The molecule has 3 rings (SSSR count). The fraction of sp³-hybridized carbons (Fsp3) is 0.538. The molecule has 0 radical (unpaired) electrons. The SMILES string of the molecule is c1ccc(C2CNCCO2)c(SC2CC2)c1. The van der Waals surface area contributed by atoms with E-state index in [-0.39, 0.29) is 6.10 Å². The van der Waals surface area contributed by atoms with Crippen molar-refractivity contribution in [3.63, 3.8) is 0 Å². The lowest BCUT2D eigenvalue weighted by Gasteiger charge is -2.25. The van der Waals surface area contributed by atoms with Crippen molar-refractivity contribution in [3.05, 3.63) is 29.8 Å². The first-order chi connectivity index (χ1) is 7.93. The molecule has 3 heteroatoms. The third-order valence-electron chi connectivity index (χ3n) is 3.01. The summed E-state index contributed by atoms with van der Waals surface area (Å²) in [6.07, 6.45) is 3.00. The number of benzene rings is 1. The van der Waals surface area contributed by atoms with Gasteiger partial charge < -0.3 is 10.1 Å². The third-order valence-corrected chi connectivity index (χ3v) is 4.44. The molecule has 1 aromatic rings. The van der Waals surface area contributed by atoms with Crippen molar-refractivity contribution in [1.82, 2.24) is 5.32 Å². The number of ether oxygens (including phenoxy) is 1. The van der Waals surface area contributed by atoms with Crippen LogP contribution in [0.4, 0.5) is 0 Å². The molecule has 1 aliphatic carbocycles. The first-order valence-corrected chi connectivity index (χ1v) is 6.89. The zero-order chi connectivity index (χ0) is 10.8. The number of nitrogens with one attached hydrogen (secondary N) is 1. The second-order valence-corrected chi connectivity index (χ2v) is 5.76. The molecule has 1 aromatic carbocycles. The predicted molar refractivity (Wildman–Crippen MR) is 66.9 cm³/mol. The lowest BCUT2D eigenvalue weighted by atomic mass is 10.1. The van der Waals surface area contributed by atoms with Crippen LogP contribution < -0.4 is 5.32 Å². The van der Waals surface area contributed by atoms with E-state index in [0.29, 0.717) is 0 Å². The maximum Gasteiger partial charge on any atom is 0.0960 e. The van der Waals surface area contributed by atoms with Crippen molar-refractivity contribution in [1.29, 1.82) is 0 Å². The number of hydrogen-bond acceptors (Lipinski definition) is 3. The zero-order valence-corrected chi connectivity index (χ0v) is 10.1. The second kappa shape index (κ2) is 4.78. The normalized spacial score (nSPS) is 25.6. The van der Waals surface area contributed by atoms with Gasteiger partial charge >= 0.3 is 0 Å². The van der Waals surface area contributed by atoms with E-state index in [9.17, 15) is 0 Å². The average molecular weight is 235 g/mol. The molecule has 1 saturated heterocycles. The van der Waals surface area contributed by atoms with Gasteiger partial charge in [-0.1, -0.05) is 18.2 Å². The lowest BCUT2D eigenvalue weighted by Crippen LogP contribution is -2.33. The maximum atomic E-state index is 5.83. The molecule has 86 valence electrons. The minimum atomic E-state index is 0.246. The van der Waals surface area contributed by atoms with E-state index in [1.54, 1.807) is 0 Å². The highest BCUT2D eigenvalue weighted by Gasteiger charge is 2.25. The van der Waals surface area contributed by atoms with E-state index in [1.165, 1.54) is 23.3 Å². The number of hydrogen-bond donors (Lipinski definition) is 1. The minimum Gasteiger partial charge on any atom is -0.371 e. The molecular weight excluding hydrogens is 218 g/mol. The number of thioether (sulfide) groups is 1. The second-order valence-electron chi connectivity index (χ2n) is 4.42. The Morgan fingerprint density at radius 1 is 1.25 bits per heavy atom. The zero-order valence-electron chi connectivity index (χ0n) is 9.32. The van der Waals surface area contributed by atoms with Crippen molar-refractivity contribution in [3.8, 4) is 0 Å². The molecule has 0 amide bonds. The Balaban J connectivity index is 1.79. The molecule has 16 heavy (non-hydrogen) atoms. The summed E-state index contributed by atoms with van der Waals surface area (Å²) in [4.78, 5) is 1.42. The van der Waals surface area contributed by atoms with E-state index in [4.69, 9.17) is 4.74 Å². The van der Waals surface area contributed by atoms with Gasteiger partial charge in [-0.2, -0.15) is 0 Å². The highest BCUT2D eigenvalue weighted by atomic mass is 32.2. The van der Waals surface area contributed by atoms with Gasteiger partial charge in [-0.3, -0.25) is 0 Å². The highest BCUT2D eigenvalue weighted by molar-refractivity contribution is 8.00. The van der Waals surface area contributed by atoms with Crippen LogP contribution in [-0.2, 0) is 4.74 Å². The van der Waals surface area contributed by atoms with Gasteiger partial charge in [-0.15, -0.1) is 11.8 Å². The summed E-state index contributed by atoms with van der Waals surface area (Å²) in [6.45, 7) is 2.75. The van der Waals surface area contributed by atoms with Gasteiger partial charge in [0.15, 0.2) is 0 Å². The molecule has 0 spiro atoms.